The second-order valence-electron chi connectivity index (χ2n) is 6.86. The molecule has 1 aromatic carbocycles. The van der Waals surface area contributed by atoms with Crippen LogP contribution in [0.25, 0.3) is 10.9 Å². The summed E-state index contributed by atoms with van der Waals surface area (Å²) in [6.07, 6.45) is 2.04. The molecule has 0 radical (unpaired) electrons. The van der Waals surface area contributed by atoms with E-state index < -0.39 is 17.9 Å². The summed E-state index contributed by atoms with van der Waals surface area (Å²) in [5.74, 6) is -1.16. The lowest BCUT2D eigenvalue weighted by molar-refractivity contribution is -0.118. The summed E-state index contributed by atoms with van der Waals surface area (Å²) in [6.45, 7) is 3.42. The Bertz CT molecular complexity index is 1090. The van der Waals surface area contributed by atoms with Crippen LogP contribution in [0.4, 0.5) is 17.5 Å². The van der Waals surface area contributed by atoms with Crippen molar-refractivity contribution in [1.29, 1.82) is 0 Å². The molecule has 1 atom stereocenters. The molecule has 11 nitrogen and oxygen atoms in total. The Morgan fingerprint density at radius 2 is 2.03 bits per heavy atom. The zero-order chi connectivity index (χ0) is 20.5. The number of amides is 2. The van der Waals surface area contributed by atoms with Crippen molar-refractivity contribution in [2.45, 2.75) is 19.0 Å². The van der Waals surface area contributed by atoms with Gasteiger partial charge in [-0.1, -0.05) is 6.07 Å². The summed E-state index contributed by atoms with van der Waals surface area (Å²) in [5.41, 5.74) is 12.4. The first-order valence-electron chi connectivity index (χ1n) is 9.11. The normalized spacial score (nSPS) is 14.9. The van der Waals surface area contributed by atoms with Gasteiger partial charge in [-0.2, -0.15) is 4.98 Å². The lowest BCUT2D eigenvalue weighted by Gasteiger charge is -2.29. The van der Waals surface area contributed by atoms with Crippen molar-refractivity contribution < 1.29 is 9.59 Å². The van der Waals surface area contributed by atoms with Gasteiger partial charge in [-0.05, 0) is 25.1 Å². The van der Waals surface area contributed by atoms with Gasteiger partial charge >= 0.3 is 0 Å². The summed E-state index contributed by atoms with van der Waals surface area (Å²) in [5, 5.41) is 17.7. The van der Waals surface area contributed by atoms with Crippen molar-refractivity contribution in [2.75, 3.05) is 23.7 Å². The number of hydrogen-bond donors (Lipinski definition) is 5. The first-order valence-corrected chi connectivity index (χ1v) is 9.11. The Kier molecular flexibility index (Phi) is 4.72. The number of fused-ring (bicyclic) bond motifs is 1. The lowest BCUT2D eigenvalue weighted by Crippen LogP contribution is -2.43. The molecule has 0 unspecified atom stereocenters. The maximum Gasteiger partial charge on any atom is 0.273 e. The second kappa shape index (κ2) is 7.36. The Morgan fingerprint density at radius 1 is 1.24 bits per heavy atom. The van der Waals surface area contributed by atoms with E-state index >= 15 is 0 Å². The summed E-state index contributed by atoms with van der Waals surface area (Å²) >= 11 is 0. The Hall–Kier alpha value is -3.73. The molecule has 4 rings (SSSR count). The fourth-order valence-electron chi connectivity index (χ4n) is 3.12. The molecule has 0 saturated carbocycles. The van der Waals surface area contributed by atoms with Gasteiger partial charge in [0.15, 0.2) is 11.5 Å². The van der Waals surface area contributed by atoms with Crippen molar-refractivity contribution >= 4 is 40.2 Å². The average Bonchev–Trinajstić information content (AvgIpc) is 3.05. The largest absolute Gasteiger partial charge is 0.368 e. The molecule has 3 aromatic rings. The van der Waals surface area contributed by atoms with Crippen molar-refractivity contribution in [3.63, 3.8) is 0 Å². The molecule has 3 heterocycles. The monoisotopic (exact) mass is 395 g/mol. The van der Waals surface area contributed by atoms with Gasteiger partial charge in [-0.15, -0.1) is 10.2 Å². The molecule has 1 aliphatic heterocycles. The summed E-state index contributed by atoms with van der Waals surface area (Å²) < 4.78 is 2.21. The third-order valence-corrected chi connectivity index (χ3v) is 4.86. The molecule has 11 heteroatoms. The zero-order valence-electron chi connectivity index (χ0n) is 15.7. The smallest absolute Gasteiger partial charge is 0.273 e. The van der Waals surface area contributed by atoms with Crippen molar-refractivity contribution in [3.8, 4) is 0 Å². The van der Waals surface area contributed by atoms with E-state index in [9.17, 15) is 9.59 Å². The predicted octanol–water partition coefficient (Wildman–Crippen LogP) is 0.0988. The molecule has 0 bridgehead atoms. The molecular formula is C18H21N9O2. The molecule has 150 valence electrons. The van der Waals surface area contributed by atoms with E-state index in [1.54, 1.807) is 6.92 Å². The minimum Gasteiger partial charge on any atom is -0.368 e. The van der Waals surface area contributed by atoms with Crippen LogP contribution in [0.2, 0.25) is 0 Å². The van der Waals surface area contributed by atoms with Gasteiger partial charge in [0.2, 0.25) is 11.9 Å². The van der Waals surface area contributed by atoms with E-state index in [0.29, 0.717) is 6.04 Å². The number of nitrogens with two attached hydrogens (primary N) is 2. The zero-order valence-corrected chi connectivity index (χ0v) is 15.7. The quantitative estimate of drug-likeness (QED) is 0.375. The van der Waals surface area contributed by atoms with Crippen LogP contribution in [0.15, 0.2) is 30.5 Å². The van der Waals surface area contributed by atoms with Gasteiger partial charge in [0.25, 0.3) is 5.91 Å². The number of nitrogens with zero attached hydrogens (tertiary/aromatic N) is 4. The number of anilines is 3. The first kappa shape index (κ1) is 18.6. The number of benzene rings is 1. The molecule has 1 aliphatic rings. The third kappa shape index (κ3) is 3.55. The SMILES string of the molecule is C[C@@H](Nc1nnc(C(N)=O)c(Nc2cccc3c2ccn3C2CNC2)n1)C(N)=O. The van der Waals surface area contributed by atoms with Crippen LogP contribution in [0.5, 0.6) is 0 Å². The first-order chi connectivity index (χ1) is 13.9. The van der Waals surface area contributed by atoms with Crippen molar-refractivity contribution in [3.05, 3.63) is 36.2 Å². The number of primary amides is 2. The third-order valence-electron chi connectivity index (χ3n) is 4.86. The molecule has 0 aliphatic carbocycles. The van der Waals surface area contributed by atoms with E-state index in [1.807, 2.05) is 30.5 Å². The standard InChI is InChI=1S/C18H21N9O2/c1-9(15(19)28)22-18-24-17(14(16(20)29)25-26-18)23-12-3-2-4-13-11(12)5-6-27(13)10-7-21-8-10/h2-6,9-10,21H,7-8H2,1H3,(H2,19,28)(H2,20,29)(H2,22,23,24,26)/t9-/m1/s1. The van der Waals surface area contributed by atoms with Gasteiger partial charge in [0.1, 0.15) is 6.04 Å². The topological polar surface area (TPSA) is 166 Å². The van der Waals surface area contributed by atoms with Crippen molar-refractivity contribution in [1.82, 2.24) is 25.1 Å². The summed E-state index contributed by atoms with van der Waals surface area (Å²) in [7, 11) is 0. The van der Waals surface area contributed by atoms with Crippen LogP contribution in [-0.2, 0) is 4.79 Å². The van der Waals surface area contributed by atoms with Gasteiger partial charge in [0.05, 0.1) is 11.6 Å². The minimum absolute atomic E-state index is 0.0501. The van der Waals surface area contributed by atoms with E-state index in [0.717, 1.165) is 29.7 Å². The highest BCUT2D eigenvalue weighted by atomic mass is 16.1. The molecule has 7 N–H and O–H groups in total. The fourth-order valence-corrected chi connectivity index (χ4v) is 3.12. The Balaban J connectivity index is 1.70. The summed E-state index contributed by atoms with van der Waals surface area (Å²) in [6, 6.07) is 7.53. The van der Waals surface area contributed by atoms with E-state index in [4.69, 9.17) is 11.5 Å². The highest BCUT2D eigenvalue weighted by Gasteiger charge is 2.21. The van der Waals surface area contributed by atoms with E-state index in [2.05, 4.69) is 35.7 Å². The van der Waals surface area contributed by atoms with Crippen LogP contribution in [-0.4, -0.2) is 50.7 Å². The molecule has 2 aromatic heterocycles. The van der Waals surface area contributed by atoms with Crippen LogP contribution >= 0.6 is 0 Å². The number of carbonyl (C=O) groups is 2. The lowest BCUT2D eigenvalue weighted by atomic mass is 10.1. The maximum atomic E-state index is 11.8. The molecule has 29 heavy (non-hydrogen) atoms. The van der Waals surface area contributed by atoms with Crippen molar-refractivity contribution in [2.24, 2.45) is 11.5 Å². The fraction of sp³-hybridized carbons (Fsp3) is 0.278. The number of carbonyl (C=O) groups excluding carboxylic acids is 2. The van der Waals surface area contributed by atoms with E-state index in [-0.39, 0.29) is 17.5 Å². The van der Waals surface area contributed by atoms with Gasteiger partial charge in [-0.3, -0.25) is 9.59 Å². The molecule has 2 amide bonds. The summed E-state index contributed by atoms with van der Waals surface area (Å²) in [4.78, 5) is 27.3. The van der Waals surface area contributed by atoms with E-state index in [1.165, 1.54) is 0 Å². The Morgan fingerprint density at radius 3 is 2.69 bits per heavy atom. The molecule has 1 fully saturated rings. The minimum atomic E-state index is -0.771. The highest BCUT2D eigenvalue weighted by molar-refractivity contribution is 5.99. The average molecular weight is 395 g/mol. The van der Waals surface area contributed by atoms with Gasteiger partial charge < -0.3 is 32.0 Å². The Labute approximate surface area is 165 Å². The highest BCUT2D eigenvalue weighted by Crippen LogP contribution is 2.30. The number of hydrogen-bond acceptors (Lipinski definition) is 8. The van der Waals surface area contributed by atoms with Crippen LogP contribution < -0.4 is 27.4 Å². The molecular weight excluding hydrogens is 374 g/mol. The van der Waals surface area contributed by atoms with Crippen LogP contribution in [0.1, 0.15) is 23.5 Å². The predicted molar refractivity (Wildman–Crippen MR) is 108 cm³/mol. The molecule has 1 saturated heterocycles. The molecule has 0 spiro atoms. The van der Waals surface area contributed by atoms with Crippen LogP contribution in [0.3, 0.4) is 0 Å². The number of aromatic nitrogens is 4. The van der Waals surface area contributed by atoms with Gasteiger partial charge in [-0.25, -0.2) is 0 Å². The number of rotatable bonds is 7. The van der Waals surface area contributed by atoms with Crippen LogP contribution in [0, 0.1) is 0 Å². The second-order valence-corrected chi connectivity index (χ2v) is 6.86. The maximum absolute atomic E-state index is 11.8. The number of nitrogens with one attached hydrogen (secondary N) is 3. The van der Waals surface area contributed by atoms with Gasteiger partial charge in [0, 0.05) is 30.4 Å².